The van der Waals surface area contributed by atoms with Crippen LogP contribution in [0.15, 0.2) is 72.8 Å². The zero-order valence-electron chi connectivity index (χ0n) is 11.4. The average molecular weight is 271 g/mol. The molecule has 0 amide bonds. The van der Waals surface area contributed by atoms with Crippen LogP contribution in [0.4, 0.5) is 0 Å². The molecule has 100 valence electrons. The van der Waals surface area contributed by atoms with E-state index in [-0.39, 0.29) is 5.92 Å². The number of rotatable bonds is 0. The van der Waals surface area contributed by atoms with Gasteiger partial charge >= 0.3 is 0 Å². The summed E-state index contributed by atoms with van der Waals surface area (Å²) in [5, 5.41) is 0. The Morgan fingerprint density at radius 1 is 0.905 bits per heavy atom. The van der Waals surface area contributed by atoms with Gasteiger partial charge in [-0.05, 0) is 17.7 Å². The molecule has 5 rings (SSSR count). The van der Waals surface area contributed by atoms with Crippen molar-refractivity contribution >= 4 is 11.8 Å². The molecule has 3 aliphatic rings. The molecular weight excluding hydrogens is 258 g/mol. The monoisotopic (exact) mass is 271 g/mol. The lowest BCUT2D eigenvalue weighted by Gasteiger charge is -2.30. The fraction of sp³-hybridized carbons (Fsp3) is 0.0526. The lowest BCUT2D eigenvalue weighted by Crippen LogP contribution is -2.20. The van der Waals surface area contributed by atoms with Crippen molar-refractivity contribution in [2.24, 2.45) is 0 Å². The van der Waals surface area contributed by atoms with Crippen LogP contribution < -0.4 is 4.74 Å². The van der Waals surface area contributed by atoms with Gasteiger partial charge in [-0.1, -0.05) is 48.5 Å². The molecule has 2 aromatic rings. The topological polar surface area (TPSA) is 12.5 Å². The molecule has 1 unspecified atom stereocenters. The summed E-state index contributed by atoms with van der Waals surface area (Å²) >= 11 is 0. The van der Waals surface area contributed by atoms with Gasteiger partial charge in [0, 0.05) is 23.5 Å². The summed E-state index contributed by atoms with van der Waals surface area (Å²) < 4.78 is 6.19. The summed E-state index contributed by atoms with van der Waals surface area (Å²) in [5.74, 6) is 2.24. The van der Waals surface area contributed by atoms with Gasteiger partial charge < -0.3 is 9.64 Å². The zero-order valence-corrected chi connectivity index (χ0v) is 11.4. The molecular formula is C19H13NO. The predicted octanol–water partition coefficient (Wildman–Crippen LogP) is 4.35. The lowest BCUT2D eigenvalue weighted by molar-refractivity contribution is 0.425. The van der Waals surface area contributed by atoms with Gasteiger partial charge in [-0.25, -0.2) is 0 Å². The fourth-order valence-corrected chi connectivity index (χ4v) is 3.34. The van der Waals surface area contributed by atoms with Gasteiger partial charge in [0.05, 0.1) is 11.6 Å². The molecule has 0 radical (unpaired) electrons. The summed E-state index contributed by atoms with van der Waals surface area (Å²) in [5.41, 5.74) is 4.89. The highest BCUT2D eigenvalue weighted by atomic mass is 16.5. The smallest absolute Gasteiger partial charge is 0.140 e. The largest absolute Gasteiger partial charge is 0.458 e. The Bertz CT molecular complexity index is 844. The molecule has 0 N–H and O–H groups in total. The maximum absolute atomic E-state index is 6.19. The second kappa shape index (κ2) is 3.89. The summed E-state index contributed by atoms with van der Waals surface area (Å²) in [4.78, 5) is 2.15. The molecule has 2 aromatic carbocycles. The molecule has 2 nitrogen and oxygen atoms in total. The van der Waals surface area contributed by atoms with E-state index < -0.39 is 0 Å². The van der Waals surface area contributed by atoms with Crippen molar-refractivity contribution in [2.75, 3.05) is 0 Å². The second-order valence-corrected chi connectivity index (χ2v) is 5.48. The minimum absolute atomic E-state index is 0.229. The Morgan fingerprint density at radius 2 is 1.76 bits per heavy atom. The first kappa shape index (κ1) is 11.0. The van der Waals surface area contributed by atoms with Crippen molar-refractivity contribution in [1.82, 2.24) is 4.90 Å². The second-order valence-electron chi connectivity index (χ2n) is 5.48. The van der Waals surface area contributed by atoms with Crippen LogP contribution in [0.2, 0.25) is 0 Å². The number of allylic oxidation sites excluding steroid dienone is 1. The third kappa shape index (κ3) is 1.42. The highest BCUT2D eigenvalue weighted by Crippen LogP contribution is 2.48. The molecule has 0 saturated carbocycles. The van der Waals surface area contributed by atoms with E-state index >= 15 is 0 Å². The third-order valence-electron chi connectivity index (χ3n) is 4.32. The van der Waals surface area contributed by atoms with E-state index in [9.17, 15) is 0 Å². The highest BCUT2D eigenvalue weighted by Gasteiger charge is 2.35. The van der Waals surface area contributed by atoms with Crippen LogP contribution >= 0.6 is 0 Å². The van der Waals surface area contributed by atoms with Crippen molar-refractivity contribution < 1.29 is 4.74 Å². The minimum Gasteiger partial charge on any atom is -0.458 e. The number of nitrogens with zero attached hydrogens (tertiary/aromatic N) is 1. The van der Waals surface area contributed by atoms with Crippen molar-refractivity contribution in [3.8, 4) is 5.75 Å². The number of para-hydroxylation sites is 1. The summed E-state index contributed by atoms with van der Waals surface area (Å²) in [6, 6.07) is 16.8. The molecule has 0 bridgehead atoms. The lowest BCUT2D eigenvalue weighted by atomic mass is 9.91. The molecule has 21 heavy (non-hydrogen) atoms. The molecule has 1 atom stereocenters. The molecule has 0 aliphatic carbocycles. The van der Waals surface area contributed by atoms with Crippen LogP contribution in [-0.4, -0.2) is 4.90 Å². The number of benzene rings is 2. The maximum atomic E-state index is 6.19. The van der Waals surface area contributed by atoms with Gasteiger partial charge in [0.2, 0.25) is 0 Å². The van der Waals surface area contributed by atoms with E-state index in [4.69, 9.17) is 4.74 Å². The first-order valence-corrected chi connectivity index (χ1v) is 7.17. The zero-order chi connectivity index (χ0) is 13.8. The Labute approximate surface area is 123 Å². The molecule has 0 fully saturated rings. The van der Waals surface area contributed by atoms with E-state index in [1.165, 1.54) is 16.7 Å². The van der Waals surface area contributed by atoms with Gasteiger partial charge in [-0.2, -0.15) is 0 Å². The summed E-state index contributed by atoms with van der Waals surface area (Å²) in [7, 11) is 0. The molecule has 3 heterocycles. The first-order valence-electron chi connectivity index (χ1n) is 7.17. The number of ether oxygens (including phenoxy) is 1. The third-order valence-corrected chi connectivity index (χ3v) is 4.32. The van der Waals surface area contributed by atoms with Crippen LogP contribution in [0, 0.1) is 0 Å². The molecule has 2 heteroatoms. The van der Waals surface area contributed by atoms with Gasteiger partial charge in [-0.15, -0.1) is 0 Å². The Hall–Kier alpha value is -2.74. The fourth-order valence-electron chi connectivity index (χ4n) is 3.34. The normalized spacial score (nSPS) is 20.6. The van der Waals surface area contributed by atoms with E-state index in [0.717, 1.165) is 17.2 Å². The number of hydrogen-bond donors (Lipinski definition) is 0. The Kier molecular flexibility index (Phi) is 2.03. The SMILES string of the molecule is C1=CN2C=CC3C(=C2c2ccccc21)Oc1ccccc13. The van der Waals surface area contributed by atoms with Crippen molar-refractivity contribution in [3.05, 3.63) is 89.5 Å². The van der Waals surface area contributed by atoms with Crippen LogP contribution in [0.5, 0.6) is 5.75 Å². The Morgan fingerprint density at radius 3 is 2.76 bits per heavy atom. The standard InChI is InChI=1S/C19H13NO/c1-2-6-14-13(5-1)9-11-20-12-10-16-15-7-3-4-8-17(15)21-19(16)18(14)20/h1-12,16H. The van der Waals surface area contributed by atoms with E-state index in [2.05, 4.69) is 65.9 Å². The van der Waals surface area contributed by atoms with Gasteiger partial charge in [0.1, 0.15) is 11.5 Å². The average Bonchev–Trinajstić information content (AvgIpc) is 2.93. The van der Waals surface area contributed by atoms with Crippen molar-refractivity contribution in [1.29, 1.82) is 0 Å². The van der Waals surface area contributed by atoms with Crippen LogP contribution in [0.3, 0.4) is 0 Å². The molecule has 0 aromatic heterocycles. The van der Waals surface area contributed by atoms with E-state index in [1.54, 1.807) is 0 Å². The summed E-state index contributed by atoms with van der Waals surface area (Å²) in [6.45, 7) is 0. The van der Waals surface area contributed by atoms with Gasteiger partial charge in [0.15, 0.2) is 0 Å². The van der Waals surface area contributed by atoms with Crippen molar-refractivity contribution in [3.63, 3.8) is 0 Å². The maximum Gasteiger partial charge on any atom is 0.140 e. The van der Waals surface area contributed by atoms with Crippen LogP contribution in [0.25, 0.3) is 11.8 Å². The van der Waals surface area contributed by atoms with E-state index in [0.29, 0.717) is 0 Å². The van der Waals surface area contributed by atoms with Crippen LogP contribution in [-0.2, 0) is 0 Å². The van der Waals surface area contributed by atoms with Crippen LogP contribution in [0.1, 0.15) is 22.6 Å². The Balaban J connectivity index is 1.77. The minimum atomic E-state index is 0.229. The quantitative estimate of drug-likeness (QED) is 0.706. The van der Waals surface area contributed by atoms with E-state index in [1.807, 2.05) is 12.1 Å². The predicted molar refractivity (Wildman–Crippen MR) is 83.2 cm³/mol. The molecule has 0 saturated heterocycles. The first-order chi connectivity index (χ1) is 10.4. The summed E-state index contributed by atoms with van der Waals surface area (Å²) in [6.07, 6.45) is 8.60. The number of fused-ring (bicyclic) bond motifs is 6. The van der Waals surface area contributed by atoms with Gasteiger partial charge in [0.25, 0.3) is 0 Å². The van der Waals surface area contributed by atoms with Crippen molar-refractivity contribution in [2.45, 2.75) is 5.92 Å². The molecule has 0 spiro atoms. The van der Waals surface area contributed by atoms with Gasteiger partial charge in [-0.3, -0.25) is 0 Å². The molecule has 3 aliphatic heterocycles. The highest BCUT2D eigenvalue weighted by molar-refractivity contribution is 5.82. The number of hydrogen-bond acceptors (Lipinski definition) is 2.